The van der Waals surface area contributed by atoms with Crippen LogP contribution in [-0.2, 0) is 9.59 Å². The van der Waals surface area contributed by atoms with E-state index in [-0.39, 0.29) is 11.8 Å². The van der Waals surface area contributed by atoms with Crippen molar-refractivity contribution in [3.8, 4) is 0 Å². The van der Waals surface area contributed by atoms with E-state index >= 15 is 0 Å². The number of amides is 2. The Hall–Kier alpha value is -2.17. The van der Waals surface area contributed by atoms with Gasteiger partial charge in [0.25, 0.3) is 0 Å². The minimum Gasteiger partial charge on any atom is -0.352 e. The molecule has 1 saturated heterocycles. The number of hydrogen-bond acceptors (Lipinski definition) is 3. The highest BCUT2D eigenvalue weighted by atomic mass is 16.2. The molecule has 118 valence electrons. The summed E-state index contributed by atoms with van der Waals surface area (Å²) < 4.78 is 0. The van der Waals surface area contributed by atoms with E-state index in [2.05, 4.69) is 10.3 Å². The fourth-order valence-electron chi connectivity index (χ4n) is 2.46. The number of nitrogens with zero attached hydrogens (tertiary/aromatic N) is 2. The Kier molecular flexibility index (Phi) is 6.61. The first-order valence-corrected chi connectivity index (χ1v) is 7.89. The van der Waals surface area contributed by atoms with E-state index in [0.717, 1.165) is 44.3 Å². The van der Waals surface area contributed by atoms with E-state index in [4.69, 9.17) is 0 Å². The van der Waals surface area contributed by atoms with Crippen LogP contribution in [-0.4, -0.2) is 41.3 Å². The Morgan fingerprint density at radius 2 is 2.27 bits per heavy atom. The molecule has 2 amide bonds. The summed E-state index contributed by atoms with van der Waals surface area (Å²) >= 11 is 0. The van der Waals surface area contributed by atoms with Crippen LogP contribution in [0.3, 0.4) is 0 Å². The molecule has 5 heteroatoms. The van der Waals surface area contributed by atoms with Gasteiger partial charge in [-0.3, -0.25) is 14.6 Å². The summed E-state index contributed by atoms with van der Waals surface area (Å²) in [4.78, 5) is 29.4. The van der Waals surface area contributed by atoms with E-state index < -0.39 is 0 Å². The second-order valence-electron chi connectivity index (χ2n) is 5.46. The third kappa shape index (κ3) is 5.68. The molecule has 0 unspecified atom stereocenters. The van der Waals surface area contributed by atoms with Gasteiger partial charge in [-0.1, -0.05) is 12.5 Å². The molecule has 1 aliphatic heterocycles. The van der Waals surface area contributed by atoms with E-state index in [1.165, 1.54) is 6.08 Å². The van der Waals surface area contributed by atoms with Gasteiger partial charge in [0.1, 0.15) is 0 Å². The van der Waals surface area contributed by atoms with Crippen LogP contribution in [0, 0.1) is 0 Å². The highest BCUT2D eigenvalue weighted by Crippen LogP contribution is 2.11. The predicted octanol–water partition coefficient (Wildman–Crippen LogP) is 2.00. The molecule has 0 atom stereocenters. The lowest BCUT2D eigenvalue weighted by atomic mass is 10.2. The fraction of sp³-hybridized carbons (Fsp3) is 0.471. The summed E-state index contributed by atoms with van der Waals surface area (Å²) in [5.74, 6) is 0.131. The van der Waals surface area contributed by atoms with Crippen molar-refractivity contribution in [2.45, 2.75) is 32.1 Å². The fourth-order valence-corrected chi connectivity index (χ4v) is 2.46. The number of pyridine rings is 1. The quantitative estimate of drug-likeness (QED) is 0.646. The van der Waals surface area contributed by atoms with Crippen molar-refractivity contribution in [2.24, 2.45) is 0 Å². The van der Waals surface area contributed by atoms with Crippen molar-refractivity contribution >= 4 is 17.9 Å². The molecule has 1 aliphatic rings. The van der Waals surface area contributed by atoms with Crippen molar-refractivity contribution < 1.29 is 9.59 Å². The molecule has 0 bridgehead atoms. The second kappa shape index (κ2) is 8.97. The summed E-state index contributed by atoms with van der Waals surface area (Å²) in [5, 5.41) is 2.84. The minimum absolute atomic E-state index is 0.119. The Bertz CT molecular complexity index is 514. The predicted molar refractivity (Wildman–Crippen MR) is 85.9 cm³/mol. The Morgan fingerprint density at radius 1 is 1.36 bits per heavy atom. The minimum atomic E-state index is -0.119. The first kappa shape index (κ1) is 16.2. The SMILES string of the molecule is O=C(/C=C/c1cccnc1)NCCCN1CCCCCC1=O. The van der Waals surface area contributed by atoms with E-state index in [1.807, 2.05) is 17.0 Å². The average Bonchev–Trinajstić information content (AvgIpc) is 2.75. The molecule has 0 saturated carbocycles. The molecule has 5 nitrogen and oxygen atoms in total. The zero-order valence-corrected chi connectivity index (χ0v) is 12.8. The van der Waals surface area contributed by atoms with Crippen LogP contribution in [0.5, 0.6) is 0 Å². The Morgan fingerprint density at radius 3 is 3.09 bits per heavy atom. The molecule has 0 spiro atoms. The van der Waals surface area contributed by atoms with Gasteiger partial charge < -0.3 is 10.2 Å². The molecular weight excluding hydrogens is 278 g/mol. The average molecular weight is 301 g/mol. The molecule has 1 N–H and O–H groups in total. The van der Waals surface area contributed by atoms with Gasteiger partial charge in [-0.15, -0.1) is 0 Å². The van der Waals surface area contributed by atoms with Crippen LogP contribution < -0.4 is 5.32 Å². The Balaban J connectivity index is 1.64. The maximum Gasteiger partial charge on any atom is 0.244 e. The van der Waals surface area contributed by atoms with Crippen molar-refractivity contribution in [1.82, 2.24) is 15.2 Å². The molecule has 1 aromatic rings. The normalized spacial score (nSPS) is 15.8. The van der Waals surface area contributed by atoms with Crippen molar-refractivity contribution in [2.75, 3.05) is 19.6 Å². The third-order valence-electron chi connectivity index (χ3n) is 3.69. The first-order valence-electron chi connectivity index (χ1n) is 7.89. The molecule has 0 aromatic carbocycles. The number of carbonyl (C=O) groups excluding carboxylic acids is 2. The van der Waals surface area contributed by atoms with Gasteiger partial charge in [0.2, 0.25) is 11.8 Å². The molecule has 22 heavy (non-hydrogen) atoms. The van der Waals surface area contributed by atoms with Crippen LogP contribution in [0.2, 0.25) is 0 Å². The summed E-state index contributed by atoms with van der Waals surface area (Å²) in [6.07, 6.45) is 11.3. The highest BCUT2D eigenvalue weighted by molar-refractivity contribution is 5.91. The van der Waals surface area contributed by atoms with Gasteiger partial charge in [-0.25, -0.2) is 0 Å². The first-order chi connectivity index (χ1) is 10.8. The van der Waals surface area contributed by atoms with Gasteiger partial charge >= 0.3 is 0 Å². The monoisotopic (exact) mass is 301 g/mol. The number of carbonyl (C=O) groups is 2. The Labute approximate surface area is 131 Å². The molecule has 1 fully saturated rings. The molecule has 0 aliphatic carbocycles. The van der Waals surface area contributed by atoms with E-state index in [9.17, 15) is 9.59 Å². The van der Waals surface area contributed by atoms with Crippen LogP contribution in [0.4, 0.5) is 0 Å². The van der Waals surface area contributed by atoms with Gasteiger partial charge in [0, 0.05) is 44.5 Å². The van der Waals surface area contributed by atoms with Gasteiger partial charge in [0.05, 0.1) is 0 Å². The number of nitrogens with one attached hydrogen (secondary N) is 1. The summed E-state index contributed by atoms with van der Waals surface area (Å²) in [6.45, 7) is 2.17. The van der Waals surface area contributed by atoms with E-state index in [0.29, 0.717) is 13.0 Å². The van der Waals surface area contributed by atoms with Crippen LogP contribution >= 0.6 is 0 Å². The zero-order valence-electron chi connectivity index (χ0n) is 12.8. The maximum absolute atomic E-state index is 11.8. The number of rotatable bonds is 6. The van der Waals surface area contributed by atoms with E-state index in [1.54, 1.807) is 18.5 Å². The van der Waals surface area contributed by atoms with Crippen molar-refractivity contribution in [3.63, 3.8) is 0 Å². The molecular formula is C17H23N3O2. The van der Waals surface area contributed by atoms with Gasteiger partial charge in [0.15, 0.2) is 0 Å². The standard InChI is InChI=1S/C17H23N3O2/c21-16(9-8-15-6-4-10-18-14-15)19-11-5-13-20-12-3-1-2-7-17(20)22/h4,6,8-10,14H,1-3,5,7,11-13H2,(H,19,21)/b9-8+. The van der Waals surface area contributed by atoms with Gasteiger partial charge in [-0.05, 0) is 37.0 Å². The molecule has 1 aromatic heterocycles. The van der Waals surface area contributed by atoms with Gasteiger partial charge in [-0.2, -0.15) is 0 Å². The topological polar surface area (TPSA) is 62.3 Å². The largest absolute Gasteiger partial charge is 0.352 e. The van der Waals surface area contributed by atoms with Crippen LogP contribution in [0.25, 0.3) is 6.08 Å². The molecule has 0 radical (unpaired) electrons. The number of aromatic nitrogens is 1. The summed E-state index contributed by atoms with van der Waals surface area (Å²) in [5.41, 5.74) is 0.896. The summed E-state index contributed by atoms with van der Waals surface area (Å²) in [7, 11) is 0. The highest BCUT2D eigenvalue weighted by Gasteiger charge is 2.15. The lowest BCUT2D eigenvalue weighted by molar-refractivity contribution is -0.130. The van der Waals surface area contributed by atoms with Crippen molar-refractivity contribution in [3.05, 3.63) is 36.2 Å². The maximum atomic E-state index is 11.8. The second-order valence-corrected chi connectivity index (χ2v) is 5.46. The smallest absolute Gasteiger partial charge is 0.244 e. The zero-order chi connectivity index (χ0) is 15.6. The molecule has 2 heterocycles. The molecule has 2 rings (SSSR count). The third-order valence-corrected chi connectivity index (χ3v) is 3.69. The number of hydrogen-bond donors (Lipinski definition) is 1. The van der Waals surface area contributed by atoms with Crippen molar-refractivity contribution in [1.29, 1.82) is 0 Å². The van der Waals surface area contributed by atoms with Crippen LogP contribution in [0.15, 0.2) is 30.6 Å². The van der Waals surface area contributed by atoms with Crippen LogP contribution in [0.1, 0.15) is 37.7 Å². The number of likely N-dealkylation sites (tertiary alicyclic amines) is 1. The lowest BCUT2D eigenvalue weighted by Crippen LogP contribution is -2.33. The summed E-state index contributed by atoms with van der Waals surface area (Å²) in [6, 6.07) is 3.72. The lowest BCUT2D eigenvalue weighted by Gasteiger charge is -2.20.